The van der Waals surface area contributed by atoms with Gasteiger partial charge in [0.2, 0.25) is 0 Å². The summed E-state index contributed by atoms with van der Waals surface area (Å²) in [6, 6.07) is 8.98. The van der Waals surface area contributed by atoms with Gasteiger partial charge in [-0.2, -0.15) is 17.9 Å². The second-order valence-corrected chi connectivity index (χ2v) is 7.97. The third-order valence-electron chi connectivity index (χ3n) is 4.62. The van der Waals surface area contributed by atoms with Gasteiger partial charge in [0.15, 0.2) is 0 Å². The monoisotopic (exact) mass is 667 g/mol. The van der Waals surface area contributed by atoms with E-state index < -0.39 is 39.4 Å². The van der Waals surface area contributed by atoms with Gasteiger partial charge in [0.05, 0.1) is 2.74 Å². The van der Waals surface area contributed by atoms with Gasteiger partial charge in [-0.25, -0.2) is 4.98 Å². The van der Waals surface area contributed by atoms with Crippen LogP contribution in [0.5, 0.6) is 0 Å². The molecule has 4 heterocycles. The zero-order valence-corrected chi connectivity index (χ0v) is 21.5. The van der Waals surface area contributed by atoms with Crippen LogP contribution >= 0.6 is 11.3 Å². The molecule has 0 bridgehead atoms. The van der Waals surface area contributed by atoms with Crippen LogP contribution in [0.1, 0.15) is 48.7 Å². The Morgan fingerprint density at radius 3 is 2.94 bits per heavy atom. The smallest absolute Gasteiger partial charge is 0.113 e. The molecule has 0 aliphatic carbocycles. The van der Waals surface area contributed by atoms with Crippen LogP contribution in [0.2, 0.25) is 0 Å². The summed E-state index contributed by atoms with van der Waals surface area (Å²) >= 11 is 1.25. The van der Waals surface area contributed by atoms with Gasteiger partial charge in [-0.1, -0.05) is 29.1 Å². The molecule has 1 aliphatic rings. The summed E-state index contributed by atoms with van der Waals surface area (Å²) in [6.07, 6.45) is 5.83. The number of aryl methyl sites for hydroxylation is 2. The van der Waals surface area contributed by atoms with Crippen LogP contribution in [0.15, 0.2) is 90.2 Å². The van der Waals surface area contributed by atoms with Crippen molar-refractivity contribution in [1.29, 1.82) is 0 Å². The Balaban J connectivity index is 0.000000286. The van der Waals surface area contributed by atoms with E-state index in [2.05, 4.69) is 40.3 Å². The van der Waals surface area contributed by atoms with E-state index >= 15 is 0 Å². The number of hydrogen-bond acceptors (Lipinski definition) is 4. The van der Waals surface area contributed by atoms with E-state index in [1.54, 1.807) is 12.1 Å². The molecular formula is C30H27IrN3S-2. The van der Waals surface area contributed by atoms with E-state index in [-0.39, 0.29) is 54.4 Å². The van der Waals surface area contributed by atoms with E-state index in [0.717, 1.165) is 23.2 Å². The Bertz CT molecular complexity index is 1950. The summed E-state index contributed by atoms with van der Waals surface area (Å²) in [5, 5.41) is 1.57. The molecule has 2 atom stereocenters. The van der Waals surface area contributed by atoms with Gasteiger partial charge in [-0.05, 0) is 66.5 Å². The number of aromatic nitrogens is 2. The summed E-state index contributed by atoms with van der Waals surface area (Å²) in [6.45, 7) is -0.0509. The third kappa shape index (κ3) is 6.37. The Kier molecular flexibility index (Phi) is 4.83. The first-order chi connectivity index (χ1) is 21.8. The Hall–Kier alpha value is -2.98. The first-order valence-corrected chi connectivity index (χ1v) is 10.8. The maximum atomic E-state index is 8.27. The first kappa shape index (κ1) is 13.9. The van der Waals surface area contributed by atoms with E-state index in [1.165, 1.54) is 29.6 Å². The Morgan fingerprint density at radius 2 is 2.14 bits per heavy atom. The van der Waals surface area contributed by atoms with Crippen molar-refractivity contribution in [3.05, 3.63) is 109 Å². The molecule has 0 saturated carbocycles. The van der Waals surface area contributed by atoms with Gasteiger partial charge in [-0.3, -0.25) is 0 Å². The fourth-order valence-electron chi connectivity index (χ4n) is 3.05. The van der Waals surface area contributed by atoms with Gasteiger partial charge in [0, 0.05) is 53.3 Å². The third-order valence-corrected chi connectivity index (χ3v) is 5.75. The fraction of sp³-hybridized carbons (Fsp3) is 0.167. The van der Waals surface area contributed by atoms with Crippen LogP contribution < -0.4 is 0 Å². The quantitative estimate of drug-likeness (QED) is 0.163. The number of nitrogens with zero attached hydrogens (tertiary/aromatic N) is 3. The van der Waals surface area contributed by atoms with Crippen LogP contribution in [-0.2, 0) is 20.1 Å². The first-order valence-electron chi connectivity index (χ1n) is 16.7. The molecule has 2 unspecified atom stereocenters. The molecule has 4 aromatic rings. The molecule has 3 nitrogen and oxygen atoms in total. The van der Waals surface area contributed by atoms with Crippen molar-refractivity contribution in [2.45, 2.75) is 33.3 Å². The minimum atomic E-state index is -2.53. The van der Waals surface area contributed by atoms with Crippen LogP contribution in [0.3, 0.4) is 0 Å². The van der Waals surface area contributed by atoms with Gasteiger partial charge in [0.25, 0.3) is 0 Å². The molecule has 0 amide bonds. The number of fused-ring (bicyclic) bond motifs is 3. The molecule has 1 aliphatic heterocycles. The standard InChI is InChI=1S/C18H13N2S.C12H14N.Ir/c1-11-6-9-16(19-10-11)15-5-3-4-13-14-8-7-12(2)20-18(14)21-17(13)15;1-4-5-6-11(3)12-8-7-10(2)9-13-12;/h3-4,6-10H,1-2H3;4-5,9H,1,3,7-8H2,2H3;/q2*-1;/i1D3,2D3,6D,9D;2D3,7D,8D;. The molecular weight excluding hydrogens is 627 g/mol. The van der Waals surface area contributed by atoms with Crippen molar-refractivity contribution in [1.82, 2.24) is 9.97 Å². The minimum absolute atomic E-state index is 0. The predicted octanol–water partition coefficient (Wildman–Crippen LogP) is 8.15. The zero-order chi connectivity index (χ0) is 35.1. The van der Waals surface area contributed by atoms with E-state index in [1.807, 2.05) is 6.07 Å². The number of aliphatic imine (C=N–C) groups is 1. The van der Waals surface area contributed by atoms with Crippen LogP contribution in [0.25, 0.3) is 31.6 Å². The van der Waals surface area contributed by atoms with Crippen molar-refractivity contribution in [3.8, 4) is 11.3 Å². The normalized spacial score (nSPS) is 23.7. The van der Waals surface area contributed by atoms with Crippen LogP contribution in [0, 0.1) is 25.8 Å². The number of hydrogen-bond donors (Lipinski definition) is 0. The average Bonchev–Trinajstić information content (AvgIpc) is 3.35. The summed E-state index contributed by atoms with van der Waals surface area (Å²) in [4.78, 5) is 12.9. The Morgan fingerprint density at radius 1 is 1.23 bits per heavy atom. The topological polar surface area (TPSA) is 38.1 Å². The summed E-state index contributed by atoms with van der Waals surface area (Å²) in [5.41, 5.74) is 0.837. The minimum Gasteiger partial charge on any atom is -0.309 e. The molecule has 5 heteroatoms. The number of thiophene rings is 1. The average molecular weight is 667 g/mol. The van der Waals surface area contributed by atoms with Crippen molar-refractivity contribution in [3.63, 3.8) is 0 Å². The Labute approximate surface area is 243 Å². The molecule has 0 spiro atoms. The fourth-order valence-corrected chi connectivity index (χ4v) is 4.22. The second kappa shape index (κ2) is 12.1. The molecule has 0 saturated heterocycles. The largest absolute Gasteiger partial charge is 0.309 e. The van der Waals surface area contributed by atoms with Crippen LogP contribution in [-0.4, -0.2) is 15.7 Å². The molecule has 0 N–H and O–H groups in total. The van der Waals surface area contributed by atoms with E-state index in [0.29, 0.717) is 20.7 Å². The van der Waals surface area contributed by atoms with Gasteiger partial charge in [0.1, 0.15) is 4.83 Å². The van der Waals surface area contributed by atoms with E-state index in [9.17, 15) is 0 Å². The predicted molar refractivity (Wildman–Crippen MR) is 146 cm³/mol. The molecule has 5 rings (SSSR count). The van der Waals surface area contributed by atoms with E-state index in [4.69, 9.17) is 17.8 Å². The zero-order valence-electron chi connectivity index (χ0n) is 31.3. The van der Waals surface area contributed by atoms with Gasteiger partial charge >= 0.3 is 0 Å². The summed E-state index contributed by atoms with van der Waals surface area (Å²) < 4.78 is 99.6. The second-order valence-electron chi connectivity index (χ2n) is 6.97. The maximum Gasteiger partial charge on any atom is 0.113 e. The van der Waals surface area contributed by atoms with Crippen molar-refractivity contribution < 1.29 is 37.9 Å². The number of benzene rings is 1. The van der Waals surface area contributed by atoms with Crippen molar-refractivity contribution >= 4 is 37.4 Å². The molecule has 179 valence electrons. The maximum absolute atomic E-state index is 8.27. The molecule has 0 fully saturated rings. The molecule has 3 aromatic heterocycles. The summed E-state index contributed by atoms with van der Waals surface area (Å²) in [5.74, 6) is 0. The summed E-state index contributed by atoms with van der Waals surface area (Å²) in [7, 11) is 0. The molecule has 1 aromatic carbocycles. The van der Waals surface area contributed by atoms with Crippen molar-refractivity contribution in [2.24, 2.45) is 4.99 Å². The molecule has 1 radical (unpaired) electrons. The number of rotatable bonds is 4. The number of allylic oxidation sites excluding steroid dienone is 5. The van der Waals surface area contributed by atoms with Crippen molar-refractivity contribution in [2.75, 3.05) is 0 Å². The SMILES string of the molecule is [2H]C1C(C([2H])([2H])[2H])=CN=C(C(=C)[C-]=CC=C)C1[2H].[2H]c1c(C([2H])([2H])[2H])cnc(-c2[c-]ccc3c2sc2nc(C([2H])([2H])[2H])ccc23)c1[2H].[Ir]. The van der Waals surface area contributed by atoms with Crippen LogP contribution in [0.4, 0.5) is 0 Å². The van der Waals surface area contributed by atoms with Gasteiger partial charge in [-0.15, -0.1) is 54.1 Å². The molecule has 35 heavy (non-hydrogen) atoms. The number of pyridine rings is 2. The van der Waals surface area contributed by atoms with Gasteiger partial charge < -0.3 is 9.98 Å².